The van der Waals surface area contributed by atoms with Crippen LogP contribution >= 0.6 is 0 Å². The number of rotatable bonds is 7. The molecule has 0 spiro atoms. The second-order valence-electron chi connectivity index (χ2n) is 4.45. The Morgan fingerprint density at radius 3 is 2.32 bits per heavy atom. The van der Waals surface area contributed by atoms with Crippen LogP contribution in [0.15, 0.2) is 0 Å². The van der Waals surface area contributed by atoms with Crippen molar-refractivity contribution in [3.63, 3.8) is 0 Å². The molecule has 0 bridgehead atoms. The van der Waals surface area contributed by atoms with Gasteiger partial charge in [-0.2, -0.15) is 18.3 Å². The molecular formula is C13H22F3N3. The molecule has 0 aliphatic heterocycles. The summed E-state index contributed by atoms with van der Waals surface area (Å²) in [6, 6.07) is 0. The number of aryl methyl sites for hydroxylation is 2. The minimum atomic E-state index is -4.13. The summed E-state index contributed by atoms with van der Waals surface area (Å²) < 4.78 is 38.5. The van der Waals surface area contributed by atoms with Gasteiger partial charge in [0.25, 0.3) is 0 Å². The van der Waals surface area contributed by atoms with Crippen molar-refractivity contribution in [2.45, 2.75) is 59.3 Å². The lowest BCUT2D eigenvalue weighted by Gasteiger charge is -2.10. The molecule has 0 atom stereocenters. The fourth-order valence-electron chi connectivity index (χ4n) is 2.14. The summed E-state index contributed by atoms with van der Waals surface area (Å²) in [5.41, 5.74) is 2.89. The molecule has 0 aliphatic carbocycles. The molecule has 110 valence electrons. The summed E-state index contributed by atoms with van der Waals surface area (Å²) in [4.78, 5) is 0. The highest BCUT2D eigenvalue weighted by atomic mass is 19.4. The number of nitrogens with one attached hydrogen (secondary N) is 1. The first-order chi connectivity index (χ1) is 8.92. The van der Waals surface area contributed by atoms with Crippen molar-refractivity contribution in [3.8, 4) is 0 Å². The molecule has 0 amide bonds. The van der Waals surface area contributed by atoms with Crippen LogP contribution in [0, 0.1) is 0 Å². The van der Waals surface area contributed by atoms with Gasteiger partial charge >= 0.3 is 6.18 Å². The van der Waals surface area contributed by atoms with Gasteiger partial charge in [-0.25, -0.2) is 0 Å². The lowest BCUT2D eigenvalue weighted by atomic mass is 10.1. The maximum absolute atomic E-state index is 12.3. The van der Waals surface area contributed by atoms with E-state index in [-0.39, 0.29) is 6.54 Å². The fraction of sp³-hybridized carbons (Fsp3) is 0.769. The van der Waals surface area contributed by atoms with E-state index in [9.17, 15) is 13.2 Å². The van der Waals surface area contributed by atoms with Crippen LogP contribution in [-0.4, -0.2) is 22.5 Å². The second kappa shape index (κ2) is 6.93. The first-order valence-corrected chi connectivity index (χ1v) is 6.77. The van der Waals surface area contributed by atoms with Gasteiger partial charge in [0, 0.05) is 24.3 Å². The van der Waals surface area contributed by atoms with Gasteiger partial charge in [-0.3, -0.25) is 4.68 Å². The molecule has 0 saturated carbocycles. The summed E-state index contributed by atoms with van der Waals surface area (Å²) in [7, 11) is 0. The van der Waals surface area contributed by atoms with Crippen molar-refractivity contribution in [1.29, 1.82) is 0 Å². The lowest BCUT2D eigenvalue weighted by molar-refractivity contribution is -0.137. The smallest absolute Gasteiger partial charge is 0.313 e. The maximum Gasteiger partial charge on any atom is 0.390 e. The minimum Gasteiger partial charge on any atom is -0.313 e. The first kappa shape index (κ1) is 16.0. The standard InChI is InChI=1S/C13H22F3N3/c1-4-11-10(9-17-6-3)12(5-2)19(18-11)8-7-13(14,15)16/h17H,4-9H2,1-3H3. The molecule has 3 nitrogen and oxygen atoms in total. The summed E-state index contributed by atoms with van der Waals surface area (Å²) in [6.07, 6.45) is -3.52. The van der Waals surface area contributed by atoms with E-state index in [0.717, 1.165) is 29.9 Å². The highest BCUT2D eigenvalue weighted by Gasteiger charge is 2.27. The van der Waals surface area contributed by atoms with Crippen molar-refractivity contribution >= 4 is 0 Å². The summed E-state index contributed by atoms with van der Waals surface area (Å²) >= 11 is 0. The van der Waals surface area contributed by atoms with Crippen LogP contribution in [0.4, 0.5) is 13.2 Å². The normalized spacial score (nSPS) is 12.1. The van der Waals surface area contributed by atoms with E-state index in [1.165, 1.54) is 4.68 Å². The number of aromatic nitrogens is 2. The zero-order valence-corrected chi connectivity index (χ0v) is 11.8. The first-order valence-electron chi connectivity index (χ1n) is 6.77. The Labute approximate surface area is 112 Å². The maximum atomic E-state index is 12.3. The molecular weight excluding hydrogens is 255 g/mol. The Bertz CT molecular complexity index is 397. The van der Waals surface area contributed by atoms with Crippen LogP contribution in [0.5, 0.6) is 0 Å². The average molecular weight is 277 g/mol. The topological polar surface area (TPSA) is 29.9 Å². The van der Waals surface area contributed by atoms with Crippen molar-refractivity contribution < 1.29 is 13.2 Å². The molecule has 1 aromatic rings. The van der Waals surface area contributed by atoms with E-state index in [2.05, 4.69) is 10.4 Å². The molecule has 6 heteroatoms. The Kier molecular flexibility index (Phi) is 5.85. The van der Waals surface area contributed by atoms with E-state index in [4.69, 9.17) is 0 Å². The Morgan fingerprint density at radius 1 is 1.16 bits per heavy atom. The van der Waals surface area contributed by atoms with E-state index in [0.29, 0.717) is 13.0 Å². The van der Waals surface area contributed by atoms with Crippen LogP contribution in [0.2, 0.25) is 0 Å². The van der Waals surface area contributed by atoms with Gasteiger partial charge in [0.2, 0.25) is 0 Å². The zero-order valence-electron chi connectivity index (χ0n) is 11.8. The minimum absolute atomic E-state index is 0.0915. The van der Waals surface area contributed by atoms with Crippen LogP contribution in [-0.2, 0) is 25.9 Å². The van der Waals surface area contributed by atoms with Gasteiger partial charge in [0.15, 0.2) is 0 Å². The SMILES string of the molecule is CCNCc1c(CC)nn(CCC(F)(F)F)c1CC. The predicted molar refractivity (Wildman–Crippen MR) is 69.0 cm³/mol. The van der Waals surface area contributed by atoms with E-state index < -0.39 is 12.6 Å². The van der Waals surface area contributed by atoms with Gasteiger partial charge in [-0.15, -0.1) is 0 Å². The molecule has 0 radical (unpaired) electrons. The quantitative estimate of drug-likeness (QED) is 0.830. The molecule has 1 N–H and O–H groups in total. The van der Waals surface area contributed by atoms with Gasteiger partial charge in [-0.1, -0.05) is 20.8 Å². The van der Waals surface area contributed by atoms with Crippen molar-refractivity contribution in [2.24, 2.45) is 0 Å². The third kappa shape index (κ3) is 4.53. The largest absolute Gasteiger partial charge is 0.390 e. The van der Waals surface area contributed by atoms with Gasteiger partial charge in [-0.05, 0) is 19.4 Å². The predicted octanol–water partition coefficient (Wildman–Crippen LogP) is 3.07. The highest BCUT2D eigenvalue weighted by molar-refractivity contribution is 5.26. The van der Waals surface area contributed by atoms with Gasteiger partial charge in [0.1, 0.15) is 0 Å². The number of halogens is 3. The molecule has 0 aliphatic rings. The highest BCUT2D eigenvalue weighted by Crippen LogP contribution is 2.22. The number of hydrogen-bond donors (Lipinski definition) is 1. The Hall–Kier alpha value is -1.04. The Balaban J connectivity index is 2.94. The second-order valence-corrected chi connectivity index (χ2v) is 4.45. The number of nitrogens with zero attached hydrogens (tertiary/aromatic N) is 2. The van der Waals surface area contributed by atoms with Crippen molar-refractivity contribution in [2.75, 3.05) is 6.54 Å². The van der Waals surface area contributed by atoms with E-state index >= 15 is 0 Å². The summed E-state index contributed by atoms with van der Waals surface area (Å²) in [6.45, 7) is 7.35. The molecule has 0 fully saturated rings. The molecule has 0 aromatic carbocycles. The molecule has 19 heavy (non-hydrogen) atoms. The average Bonchev–Trinajstić information content (AvgIpc) is 2.69. The van der Waals surface area contributed by atoms with Gasteiger partial charge in [0.05, 0.1) is 12.1 Å². The van der Waals surface area contributed by atoms with Gasteiger partial charge < -0.3 is 5.32 Å². The van der Waals surface area contributed by atoms with Crippen LogP contribution in [0.1, 0.15) is 44.1 Å². The Morgan fingerprint density at radius 2 is 1.84 bits per heavy atom. The zero-order chi connectivity index (χ0) is 14.5. The number of hydrogen-bond acceptors (Lipinski definition) is 2. The van der Waals surface area contributed by atoms with E-state index in [1.54, 1.807) is 0 Å². The lowest BCUT2D eigenvalue weighted by Crippen LogP contribution is -2.16. The molecule has 1 heterocycles. The molecule has 0 saturated heterocycles. The molecule has 0 unspecified atom stereocenters. The van der Waals surface area contributed by atoms with Crippen molar-refractivity contribution in [1.82, 2.24) is 15.1 Å². The third-order valence-corrected chi connectivity index (χ3v) is 3.08. The monoisotopic (exact) mass is 277 g/mol. The number of alkyl halides is 3. The summed E-state index contributed by atoms with van der Waals surface area (Å²) in [5, 5.41) is 7.56. The van der Waals surface area contributed by atoms with Crippen LogP contribution < -0.4 is 5.32 Å². The van der Waals surface area contributed by atoms with Crippen LogP contribution in [0.3, 0.4) is 0 Å². The van der Waals surface area contributed by atoms with Crippen LogP contribution in [0.25, 0.3) is 0 Å². The van der Waals surface area contributed by atoms with E-state index in [1.807, 2.05) is 20.8 Å². The molecule has 1 rings (SSSR count). The third-order valence-electron chi connectivity index (χ3n) is 3.08. The fourth-order valence-corrected chi connectivity index (χ4v) is 2.14. The molecule has 1 aromatic heterocycles. The summed E-state index contributed by atoms with van der Waals surface area (Å²) in [5.74, 6) is 0. The van der Waals surface area contributed by atoms with Crippen molar-refractivity contribution in [3.05, 3.63) is 17.0 Å².